The number of carbonyl (C=O) groups excluding carboxylic acids is 1. The minimum absolute atomic E-state index is 0.204. The molecule has 1 aromatic carbocycles. The van der Waals surface area contributed by atoms with Crippen molar-refractivity contribution in [1.29, 1.82) is 0 Å². The molecule has 2 aromatic rings. The largest absolute Gasteiger partial charge is 0.469 e. The Bertz CT molecular complexity index is 566. The van der Waals surface area contributed by atoms with Crippen LogP contribution in [0.15, 0.2) is 30.5 Å². The number of aromatic nitrogens is 2. The van der Waals surface area contributed by atoms with E-state index in [0.717, 1.165) is 23.1 Å². The predicted octanol–water partition coefficient (Wildman–Crippen LogP) is 2.02. The summed E-state index contributed by atoms with van der Waals surface area (Å²) in [5, 5.41) is 9.17. The smallest absolute Gasteiger partial charge is 0.307 e. The number of anilines is 1. The summed E-state index contributed by atoms with van der Waals surface area (Å²) in [6.45, 7) is 3.46. The van der Waals surface area contributed by atoms with Crippen LogP contribution in [0, 0.1) is 0 Å². The summed E-state index contributed by atoms with van der Waals surface area (Å²) in [4.78, 5) is 13.4. The molecule has 0 aliphatic heterocycles. The molecule has 0 fully saturated rings. The van der Waals surface area contributed by atoms with Crippen molar-refractivity contribution < 1.29 is 9.53 Å². The molecule has 0 radical (unpaired) electrons. The van der Waals surface area contributed by atoms with Crippen molar-refractivity contribution in [3.8, 4) is 0 Å². The Labute approximate surface area is 112 Å². The average Bonchev–Trinajstić information content (AvgIpc) is 2.47. The zero-order chi connectivity index (χ0) is 13.7. The standard InChI is InChI=1S/C14H17N3O2/c1-3-17(9-8-14(18)19-2)13-10-15-16-12-7-5-4-6-11(12)13/h4-7,10H,3,8-9H2,1-2H3. The predicted molar refractivity (Wildman–Crippen MR) is 74.1 cm³/mol. The van der Waals surface area contributed by atoms with Gasteiger partial charge in [0.05, 0.1) is 30.9 Å². The quantitative estimate of drug-likeness (QED) is 0.769. The van der Waals surface area contributed by atoms with Crippen molar-refractivity contribution in [1.82, 2.24) is 10.2 Å². The minimum Gasteiger partial charge on any atom is -0.469 e. The Morgan fingerprint density at radius 3 is 2.89 bits per heavy atom. The molecule has 0 saturated carbocycles. The number of carbonyl (C=O) groups is 1. The highest BCUT2D eigenvalue weighted by Crippen LogP contribution is 2.23. The van der Waals surface area contributed by atoms with Gasteiger partial charge >= 0.3 is 5.97 Å². The first-order valence-corrected chi connectivity index (χ1v) is 6.28. The molecule has 0 atom stereocenters. The van der Waals surface area contributed by atoms with Crippen LogP contribution >= 0.6 is 0 Å². The van der Waals surface area contributed by atoms with Gasteiger partial charge in [-0.15, -0.1) is 0 Å². The average molecular weight is 259 g/mol. The molecule has 5 nitrogen and oxygen atoms in total. The molecule has 1 aromatic heterocycles. The van der Waals surface area contributed by atoms with Gasteiger partial charge in [-0.3, -0.25) is 4.79 Å². The molecule has 0 N–H and O–H groups in total. The second kappa shape index (κ2) is 6.13. The number of rotatable bonds is 5. The molecule has 19 heavy (non-hydrogen) atoms. The molecule has 2 rings (SSSR count). The van der Waals surface area contributed by atoms with E-state index in [9.17, 15) is 4.79 Å². The molecule has 0 unspecified atom stereocenters. The van der Waals surface area contributed by atoms with Crippen LogP contribution < -0.4 is 4.90 Å². The van der Waals surface area contributed by atoms with Crippen LogP contribution in [0.2, 0.25) is 0 Å². The van der Waals surface area contributed by atoms with Crippen molar-refractivity contribution in [3.63, 3.8) is 0 Å². The first-order valence-electron chi connectivity index (χ1n) is 6.28. The summed E-state index contributed by atoms with van der Waals surface area (Å²) in [6.07, 6.45) is 2.10. The van der Waals surface area contributed by atoms with E-state index >= 15 is 0 Å². The maximum atomic E-state index is 11.3. The number of benzene rings is 1. The molecule has 0 saturated heterocycles. The lowest BCUT2D eigenvalue weighted by Gasteiger charge is -2.23. The van der Waals surface area contributed by atoms with E-state index in [4.69, 9.17) is 0 Å². The van der Waals surface area contributed by atoms with Crippen LogP contribution in [-0.4, -0.2) is 36.4 Å². The number of nitrogens with zero attached hydrogens (tertiary/aromatic N) is 3. The summed E-state index contributed by atoms with van der Waals surface area (Å²) in [5.41, 5.74) is 1.86. The summed E-state index contributed by atoms with van der Waals surface area (Å²) in [6, 6.07) is 7.85. The molecule has 0 bridgehead atoms. The molecule has 0 aliphatic rings. The Morgan fingerprint density at radius 2 is 2.16 bits per heavy atom. The normalized spacial score (nSPS) is 10.4. The second-order valence-electron chi connectivity index (χ2n) is 4.15. The van der Waals surface area contributed by atoms with Gasteiger partial charge in [-0.25, -0.2) is 0 Å². The first-order chi connectivity index (χ1) is 9.26. The third kappa shape index (κ3) is 2.99. The van der Waals surface area contributed by atoms with Crippen LogP contribution in [0.1, 0.15) is 13.3 Å². The molecule has 0 spiro atoms. The Balaban J connectivity index is 2.27. The second-order valence-corrected chi connectivity index (χ2v) is 4.15. The van der Waals surface area contributed by atoms with Crippen molar-refractivity contribution >= 4 is 22.6 Å². The lowest BCUT2D eigenvalue weighted by molar-refractivity contribution is -0.140. The van der Waals surface area contributed by atoms with E-state index in [1.807, 2.05) is 31.2 Å². The Kier molecular flexibility index (Phi) is 4.28. The van der Waals surface area contributed by atoms with Gasteiger partial charge in [0.2, 0.25) is 0 Å². The highest BCUT2D eigenvalue weighted by molar-refractivity contribution is 5.90. The first kappa shape index (κ1) is 13.3. The monoisotopic (exact) mass is 259 g/mol. The van der Waals surface area contributed by atoms with Crippen LogP contribution in [0.3, 0.4) is 0 Å². The SMILES string of the molecule is CCN(CCC(=O)OC)c1cnnc2ccccc12. The maximum absolute atomic E-state index is 11.3. The van der Waals surface area contributed by atoms with Crippen molar-refractivity contribution in [2.24, 2.45) is 0 Å². The lowest BCUT2D eigenvalue weighted by Crippen LogP contribution is -2.26. The maximum Gasteiger partial charge on any atom is 0.307 e. The molecule has 5 heteroatoms. The summed E-state index contributed by atoms with van der Waals surface area (Å²) >= 11 is 0. The number of ether oxygens (including phenoxy) is 1. The zero-order valence-corrected chi connectivity index (χ0v) is 11.2. The van der Waals surface area contributed by atoms with Gasteiger partial charge in [0.1, 0.15) is 0 Å². The molecule has 1 heterocycles. The Morgan fingerprint density at radius 1 is 1.37 bits per heavy atom. The van der Waals surface area contributed by atoms with Crippen LogP contribution in [0.25, 0.3) is 10.9 Å². The number of fused-ring (bicyclic) bond motifs is 1. The molecular formula is C14H17N3O2. The number of hydrogen-bond acceptors (Lipinski definition) is 5. The summed E-state index contributed by atoms with van der Waals surface area (Å²) < 4.78 is 4.67. The molecule has 0 aliphatic carbocycles. The fourth-order valence-corrected chi connectivity index (χ4v) is 2.02. The van der Waals surface area contributed by atoms with Crippen molar-refractivity contribution in [2.75, 3.05) is 25.1 Å². The van der Waals surface area contributed by atoms with Gasteiger partial charge in [0.25, 0.3) is 0 Å². The van der Waals surface area contributed by atoms with Gasteiger partial charge in [-0.1, -0.05) is 18.2 Å². The van der Waals surface area contributed by atoms with E-state index in [1.165, 1.54) is 7.11 Å². The van der Waals surface area contributed by atoms with Gasteiger partial charge in [-0.05, 0) is 13.0 Å². The van der Waals surface area contributed by atoms with Gasteiger partial charge < -0.3 is 9.64 Å². The topological polar surface area (TPSA) is 55.3 Å². The molecular weight excluding hydrogens is 242 g/mol. The fraction of sp³-hybridized carbons (Fsp3) is 0.357. The number of hydrogen-bond donors (Lipinski definition) is 0. The van der Waals surface area contributed by atoms with E-state index in [0.29, 0.717) is 13.0 Å². The van der Waals surface area contributed by atoms with Gasteiger partial charge in [0, 0.05) is 18.5 Å². The van der Waals surface area contributed by atoms with E-state index < -0.39 is 0 Å². The highest BCUT2D eigenvalue weighted by atomic mass is 16.5. The third-order valence-corrected chi connectivity index (χ3v) is 3.06. The molecule has 100 valence electrons. The fourth-order valence-electron chi connectivity index (χ4n) is 2.02. The zero-order valence-electron chi connectivity index (χ0n) is 11.2. The van der Waals surface area contributed by atoms with Gasteiger partial charge in [0.15, 0.2) is 0 Å². The lowest BCUT2D eigenvalue weighted by atomic mass is 10.2. The number of methoxy groups -OCH3 is 1. The summed E-state index contributed by atoms with van der Waals surface area (Å²) in [7, 11) is 1.40. The van der Waals surface area contributed by atoms with Crippen LogP contribution in [-0.2, 0) is 9.53 Å². The Hall–Kier alpha value is -2.17. The number of esters is 1. The van der Waals surface area contributed by atoms with Crippen molar-refractivity contribution in [3.05, 3.63) is 30.5 Å². The van der Waals surface area contributed by atoms with Gasteiger partial charge in [-0.2, -0.15) is 10.2 Å². The molecule has 0 amide bonds. The van der Waals surface area contributed by atoms with Crippen LogP contribution in [0.5, 0.6) is 0 Å². The van der Waals surface area contributed by atoms with E-state index in [2.05, 4.69) is 19.8 Å². The third-order valence-electron chi connectivity index (χ3n) is 3.06. The van der Waals surface area contributed by atoms with E-state index in [-0.39, 0.29) is 5.97 Å². The van der Waals surface area contributed by atoms with E-state index in [1.54, 1.807) is 6.20 Å². The highest BCUT2D eigenvalue weighted by Gasteiger charge is 2.11. The minimum atomic E-state index is -0.204. The van der Waals surface area contributed by atoms with Crippen LogP contribution in [0.4, 0.5) is 5.69 Å². The summed E-state index contributed by atoms with van der Waals surface area (Å²) in [5.74, 6) is -0.204. The van der Waals surface area contributed by atoms with Crippen molar-refractivity contribution in [2.45, 2.75) is 13.3 Å².